The van der Waals surface area contributed by atoms with Crippen LogP contribution in [0.2, 0.25) is 0 Å². The molecule has 0 unspecified atom stereocenters. The Hall–Kier alpha value is -2.42. The third kappa shape index (κ3) is 3.01. The summed E-state index contributed by atoms with van der Waals surface area (Å²) >= 11 is 0. The van der Waals surface area contributed by atoms with Gasteiger partial charge in [0.2, 0.25) is 0 Å². The van der Waals surface area contributed by atoms with Gasteiger partial charge in [0.25, 0.3) is 0 Å². The molecule has 0 aliphatic rings. The second-order valence-corrected chi connectivity index (χ2v) is 3.63. The highest BCUT2D eigenvalue weighted by Gasteiger charge is 1.89. The van der Waals surface area contributed by atoms with Crippen LogP contribution < -0.4 is 11.5 Å². The van der Waals surface area contributed by atoms with Crippen LogP contribution in [0.25, 0.3) is 11.0 Å². The first-order chi connectivity index (χ1) is 8.25. The van der Waals surface area contributed by atoms with Crippen LogP contribution in [0.3, 0.4) is 0 Å². The minimum Gasteiger partial charge on any atom is -0.464 e. The summed E-state index contributed by atoms with van der Waals surface area (Å²) in [5, 5.41) is 1.16. The Kier molecular flexibility index (Phi) is 3.31. The molecule has 3 nitrogen and oxygen atoms in total. The van der Waals surface area contributed by atoms with Crippen LogP contribution in [-0.4, -0.2) is 0 Å². The highest BCUT2D eigenvalue weighted by atomic mass is 16.3. The number of hydrogen-bond acceptors (Lipinski definition) is 3. The van der Waals surface area contributed by atoms with Gasteiger partial charge in [0.15, 0.2) is 0 Å². The molecule has 0 saturated carbocycles. The van der Waals surface area contributed by atoms with Gasteiger partial charge in [0.05, 0.1) is 6.26 Å². The second-order valence-electron chi connectivity index (χ2n) is 3.63. The molecule has 0 radical (unpaired) electrons. The first kappa shape index (κ1) is 11.1. The van der Waals surface area contributed by atoms with Crippen molar-refractivity contribution < 1.29 is 4.42 Å². The largest absolute Gasteiger partial charge is 0.464 e. The molecule has 0 amide bonds. The Morgan fingerprint density at radius 2 is 1.29 bits per heavy atom. The van der Waals surface area contributed by atoms with Crippen LogP contribution in [-0.2, 0) is 0 Å². The molecule has 1 aromatic heterocycles. The molecule has 0 spiro atoms. The fourth-order valence-electron chi connectivity index (χ4n) is 1.40. The fraction of sp³-hybridized carbons (Fsp3) is 0. The van der Waals surface area contributed by atoms with E-state index in [0.717, 1.165) is 22.3 Å². The first-order valence-electron chi connectivity index (χ1n) is 5.29. The lowest BCUT2D eigenvalue weighted by atomic mass is 10.3. The number of nitrogens with two attached hydrogens (primary N) is 2. The van der Waals surface area contributed by atoms with E-state index in [1.807, 2.05) is 30.3 Å². The fourth-order valence-corrected chi connectivity index (χ4v) is 1.40. The van der Waals surface area contributed by atoms with Crippen molar-refractivity contribution in [2.45, 2.75) is 0 Å². The SMILES string of the molecule is Nc1ccc(N)cc1.c1ccc2occc2c1. The monoisotopic (exact) mass is 226 g/mol. The zero-order valence-corrected chi connectivity index (χ0v) is 9.34. The number of hydrogen-bond donors (Lipinski definition) is 2. The van der Waals surface area contributed by atoms with E-state index in [1.165, 1.54) is 0 Å². The Balaban J connectivity index is 0.000000128. The maximum Gasteiger partial charge on any atom is 0.133 e. The van der Waals surface area contributed by atoms with Crippen LogP contribution in [0, 0.1) is 0 Å². The third-order valence-corrected chi connectivity index (χ3v) is 2.30. The molecule has 0 aliphatic heterocycles. The summed E-state index contributed by atoms with van der Waals surface area (Å²) in [5.74, 6) is 0. The summed E-state index contributed by atoms with van der Waals surface area (Å²) in [4.78, 5) is 0. The third-order valence-electron chi connectivity index (χ3n) is 2.30. The molecule has 2 aromatic carbocycles. The van der Waals surface area contributed by atoms with E-state index >= 15 is 0 Å². The average molecular weight is 226 g/mol. The van der Waals surface area contributed by atoms with Crippen LogP contribution in [0.5, 0.6) is 0 Å². The molecule has 4 N–H and O–H groups in total. The smallest absolute Gasteiger partial charge is 0.133 e. The standard InChI is InChI=1S/C8H6O.C6H8N2/c1-2-4-8-7(3-1)5-6-9-8;7-5-1-2-6(8)4-3-5/h1-6H;1-4H,7-8H2. The van der Waals surface area contributed by atoms with Crippen molar-refractivity contribution >= 4 is 22.3 Å². The Labute approximate surface area is 99.7 Å². The second kappa shape index (κ2) is 5.07. The summed E-state index contributed by atoms with van der Waals surface area (Å²) in [5.41, 5.74) is 13.2. The number of fused-ring (bicyclic) bond motifs is 1. The van der Waals surface area contributed by atoms with Gasteiger partial charge in [0, 0.05) is 16.8 Å². The van der Waals surface area contributed by atoms with Crippen molar-refractivity contribution in [3.8, 4) is 0 Å². The number of furan rings is 1. The predicted octanol–water partition coefficient (Wildman–Crippen LogP) is 3.28. The van der Waals surface area contributed by atoms with E-state index in [4.69, 9.17) is 15.9 Å². The summed E-state index contributed by atoms with van der Waals surface area (Å²) < 4.78 is 5.12. The predicted molar refractivity (Wildman–Crippen MR) is 71.5 cm³/mol. The molecule has 1 heterocycles. The number of para-hydroxylation sites is 1. The lowest BCUT2D eigenvalue weighted by molar-refractivity contribution is 0.616. The zero-order chi connectivity index (χ0) is 12.1. The molecule has 3 heteroatoms. The lowest BCUT2D eigenvalue weighted by Gasteiger charge is -1.90. The quantitative estimate of drug-likeness (QED) is 0.578. The summed E-state index contributed by atoms with van der Waals surface area (Å²) in [6.07, 6.45) is 1.70. The van der Waals surface area contributed by atoms with E-state index < -0.39 is 0 Å². The Morgan fingerprint density at radius 1 is 0.706 bits per heavy atom. The van der Waals surface area contributed by atoms with Gasteiger partial charge in [-0.2, -0.15) is 0 Å². The molecule has 0 aliphatic carbocycles. The van der Waals surface area contributed by atoms with E-state index in [-0.39, 0.29) is 0 Å². The summed E-state index contributed by atoms with van der Waals surface area (Å²) in [6.45, 7) is 0. The van der Waals surface area contributed by atoms with Gasteiger partial charge in [-0.1, -0.05) is 18.2 Å². The minimum absolute atomic E-state index is 0.749. The van der Waals surface area contributed by atoms with Crippen molar-refractivity contribution in [3.05, 3.63) is 60.9 Å². The van der Waals surface area contributed by atoms with Crippen molar-refractivity contribution in [2.75, 3.05) is 11.5 Å². The molecule has 17 heavy (non-hydrogen) atoms. The maximum absolute atomic E-state index is 5.37. The van der Waals surface area contributed by atoms with Crippen LogP contribution in [0.4, 0.5) is 11.4 Å². The molecule has 86 valence electrons. The van der Waals surface area contributed by atoms with Gasteiger partial charge in [-0.05, 0) is 36.4 Å². The topological polar surface area (TPSA) is 65.2 Å². The van der Waals surface area contributed by atoms with E-state index in [2.05, 4.69) is 0 Å². The Morgan fingerprint density at radius 3 is 1.88 bits per heavy atom. The van der Waals surface area contributed by atoms with Gasteiger partial charge in [-0.15, -0.1) is 0 Å². The highest BCUT2D eigenvalue weighted by molar-refractivity contribution is 5.76. The van der Waals surface area contributed by atoms with E-state index in [9.17, 15) is 0 Å². The van der Waals surface area contributed by atoms with Crippen molar-refractivity contribution in [2.24, 2.45) is 0 Å². The summed E-state index contributed by atoms with van der Waals surface area (Å²) in [6, 6.07) is 17.0. The molecular formula is C14H14N2O. The van der Waals surface area contributed by atoms with Crippen LogP contribution in [0.15, 0.2) is 65.3 Å². The number of benzene rings is 2. The zero-order valence-electron chi connectivity index (χ0n) is 9.34. The van der Waals surface area contributed by atoms with Crippen LogP contribution >= 0.6 is 0 Å². The molecule has 0 atom stereocenters. The molecule has 0 saturated heterocycles. The van der Waals surface area contributed by atoms with Gasteiger partial charge in [0.1, 0.15) is 5.58 Å². The van der Waals surface area contributed by atoms with Gasteiger partial charge < -0.3 is 15.9 Å². The van der Waals surface area contributed by atoms with Crippen LogP contribution in [0.1, 0.15) is 0 Å². The molecule has 0 bridgehead atoms. The molecule has 3 aromatic rings. The average Bonchev–Trinajstić information content (AvgIpc) is 2.82. The minimum atomic E-state index is 0.749. The van der Waals surface area contributed by atoms with Crippen molar-refractivity contribution in [1.82, 2.24) is 0 Å². The summed E-state index contributed by atoms with van der Waals surface area (Å²) in [7, 11) is 0. The maximum atomic E-state index is 5.37. The van der Waals surface area contributed by atoms with Crippen molar-refractivity contribution in [3.63, 3.8) is 0 Å². The number of rotatable bonds is 0. The molecule has 0 fully saturated rings. The molecule has 3 rings (SSSR count). The lowest BCUT2D eigenvalue weighted by Crippen LogP contribution is -1.86. The molecular weight excluding hydrogens is 212 g/mol. The van der Waals surface area contributed by atoms with E-state index in [1.54, 1.807) is 30.5 Å². The van der Waals surface area contributed by atoms with E-state index in [0.29, 0.717) is 0 Å². The normalized spacial score (nSPS) is 9.65. The number of anilines is 2. The Bertz CT molecular complexity index is 533. The first-order valence-corrected chi connectivity index (χ1v) is 5.29. The van der Waals surface area contributed by atoms with Crippen molar-refractivity contribution in [1.29, 1.82) is 0 Å². The highest BCUT2D eigenvalue weighted by Crippen LogP contribution is 2.12. The van der Waals surface area contributed by atoms with Gasteiger partial charge in [-0.25, -0.2) is 0 Å². The van der Waals surface area contributed by atoms with Gasteiger partial charge in [-0.3, -0.25) is 0 Å². The van der Waals surface area contributed by atoms with Gasteiger partial charge >= 0.3 is 0 Å². The number of nitrogen functional groups attached to an aromatic ring is 2.